The number of hydroxylamine groups is 2. The molecule has 0 spiro atoms. The quantitative estimate of drug-likeness (QED) is 0.646. The van der Waals surface area contributed by atoms with E-state index in [9.17, 15) is 5.11 Å². The standard InChI is InChI=1S/C9H19NO2/c1-8(2)6-7(11)9(3,4)10(8)12-5/h7,11H,6H2,1-5H3. The summed E-state index contributed by atoms with van der Waals surface area (Å²) in [7, 11) is 1.65. The predicted molar refractivity (Wildman–Crippen MR) is 47.6 cm³/mol. The van der Waals surface area contributed by atoms with Gasteiger partial charge in [0.25, 0.3) is 0 Å². The molecule has 3 nitrogen and oxygen atoms in total. The van der Waals surface area contributed by atoms with Crippen LogP contribution in [0.2, 0.25) is 0 Å². The molecule has 0 radical (unpaired) electrons. The third-order valence-corrected chi connectivity index (χ3v) is 2.76. The molecule has 0 aromatic heterocycles. The Kier molecular flexibility index (Phi) is 2.23. The number of hydrogen-bond donors (Lipinski definition) is 1. The lowest BCUT2D eigenvalue weighted by atomic mass is 9.98. The molecular formula is C9H19NO2. The Balaban J connectivity index is 2.92. The lowest BCUT2D eigenvalue weighted by molar-refractivity contribution is -0.227. The van der Waals surface area contributed by atoms with E-state index >= 15 is 0 Å². The number of aliphatic hydroxyl groups is 1. The van der Waals surface area contributed by atoms with Crippen molar-refractivity contribution in [3.63, 3.8) is 0 Å². The highest BCUT2D eigenvalue weighted by atomic mass is 16.7. The lowest BCUT2D eigenvalue weighted by Crippen LogP contribution is -2.49. The van der Waals surface area contributed by atoms with Gasteiger partial charge in [-0.05, 0) is 34.1 Å². The minimum absolute atomic E-state index is 0.0718. The van der Waals surface area contributed by atoms with Crippen molar-refractivity contribution in [1.82, 2.24) is 5.06 Å². The van der Waals surface area contributed by atoms with Gasteiger partial charge in [0, 0.05) is 5.54 Å². The van der Waals surface area contributed by atoms with Crippen LogP contribution in [-0.2, 0) is 4.84 Å². The first-order valence-electron chi connectivity index (χ1n) is 4.35. The summed E-state index contributed by atoms with van der Waals surface area (Å²) >= 11 is 0. The van der Waals surface area contributed by atoms with Gasteiger partial charge in [0.2, 0.25) is 0 Å². The van der Waals surface area contributed by atoms with Gasteiger partial charge in [-0.2, -0.15) is 5.06 Å². The van der Waals surface area contributed by atoms with Gasteiger partial charge < -0.3 is 9.94 Å². The van der Waals surface area contributed by atoms with Crippen LogP contribution in [0.3, 0.4) is 0 Å². The topological polar surface area (TPSA) is 32.7 Å². The summed E-state index contributed by atoms with van der Waals surface area (Å²) < 4.78 is 0. The van der Waals surface area contributed by atoms with E-state index in [1.54, 1.807) is 7.11 Å². The first-order chi connectivity index (χ1) is 5.32. The van der Waals surface area contributed by atoms with Crippen molar-refractivity contribution >= 4 is 0 Å². The predicted octanol–water partition coefficient (Wildman–Crippen LogP) is 1.17. The smallest absolute Gasteiger partial charge is 0.0759 e. The Hall–Kier alpha value is -0.120. The summed E-state index contributed by atoms with van der Waals surface area (Å²) in [6, 6.07) is 0. The van der Waals surface area contributed by atoms with Crippen LogP contribution in [0.5, 0.6) is 0 Å². The van der Waals surface area contributed by atoms with Crippen LogP contribution in [0, 0.1) is 0 Å². The number of hydrogen-bond acceptors (Lipinski definition) is 3. The molecule has 1 fully saturated rings. The van der Waals surface area contributed by atoms with Gasteiger partial charge >= 0.3 is 0 Å². The fourth-order valence-corrected chi connectivity index (χ4v) is 2.20. The average Bonchev–Trinajstić information content (AvgIpc) is 1.99. The molecule has 1 unspecified atom stereocenters. The van der Waals surface area contributed by atoms with Crippen molar-refractivity contribution in [2.75, 3.05) is 7.11 Å². The third kappa shape index (κ3) is 1.26. The molecular weight excluding hydrogens is 154 g/mol. The average molecular weight is 173 g/mol. The van der Waals surface area contributed by atoms with Gasteiger partial charge in [-0.25, -0.2) is 0 Å². The van der Waals surface area contributed by atoms with Crippen LogP contribution in [0.1, 0.15) is 34.1 Å². The van der Waals surface area contributed by atoms with E-state index in [1.165, 1.54) is 0 Å². The van der Waals surface area contributed by atoms with Crippen LogP contribution in [-0.4, -0.2) is 34.5 Å². The maximum absolute atomic E-state index is 9.77. The monoisotopic (exact) mass is 173 g/mol. The second-order valence-electron chi connectivity index (χ2n) is 4.66. The molecule has 0 amide bonds. The molecule has 12 heavy (non-hydrogen) atoms. The second kappa shape index (κ2) is 2.69. The molecule has 1 aliphatic heterocycles. The van der Waals surface area contributed by atoms with Crippen LogP contribution >= 0.6 is 0 Å². The molecule has 1 rings (SSSR count). The maximum Gasteiger partial charge on any atom is 0.0759 e. The zero-order valence-electron chi connectivity index (χ0n) is 8.59. The molecule has 72 valence electrons. The summed E-state index contributed by atoms with van der Waals surface area (Å²) in [6.07, 6.45) is 0.445. The summed E-state index contributed by atoms with van der Waals surface area (Å²) in [5.74, 6) is 0. The second-order valence-corrected chi connectivity index (χ2v) is 4.66. The molecule has 0 saturated carbocycles. The van der Waals surface area contributed by atoms with E-state index in [2.05, 4.69) is 13.8 Å². The summed E-state index contributed by atoms with van der Waals surface area (Å²) in [6.45, 7) is 8.15. The first-order valence-corrected chi connectivity index (χ1v) is 4.35. The van der Waals surface area contributed by atoms with E-state index in [1.807, 2.05) is 18.9 Å². The summed E-state index contributed by atoms with van der Waals surface area (Å²) in [5, 5.41) is 11.7. The molecule has 0 aromatic rings. The van der Waals surface area contributed by atoms with Crippen molar-refractivity contribution < 1.29 is 9.94 Å². The van der Waals surface area contributed by atoms with Crippen molar-refractivity contribution in [2.24, 2.45) is 0 Å². The fourth-order valence-electron chi connectivity index (χ4n) is 2.20. The van der Waals surface area contributed by atoms with E-state index in [-0.39, 0.29) is 17.2 Å². The van der Waals surface area contributed by atoms with E-state index < -0.39 is 0 Å². The van der Waals surface area contributed by atoms with Crippen molar-refractivity contribution in [2.45, 2.75) is 51.3 Å². The highest BCUT2D eigenvalue weighted by Crippen LogP contribution is 2.40. The van der Waals surface area contributed by atoms with Crippen molar-refractivity contribution in [3.8, 4) is 0 Å². The van der Waals surface area contributed by atoms with Crippen LogP contribution in [0.4, 0.5) is 0 Å². The highest BCUT2D eigenvalue weighted by molar-refractivity contribution is 5.02. The zero-order valence-corrected chi connectivity index (χ0v) is 8.59. The van der Waals surface area contributed by atoms with Gasteiger partial charge in [-0.3, -0.25) is 0 Å². The van der Waals surface area contributed by atoms with E-state index in [4.69, 9.17) is 4.84 Å². The van der Waals surface area contributed by atoms with Gasteiger partial charge in [0.1, 0.15) is 0 Å². The van der Waals surface area contributed by atoms with Gasteiger partial charge in [0.15, 0.2) is 0 Å². The molecule has 0 aromatic carbocycles. The number of aliphatic hydroxyl groups excluding tert-OH is 1. The molecule has 3 heteroatoms. The van der Waals surface area contributed by atoms with Gasteiger partial charge in [-0.1, -0.05) is 0 Å². The lowest BCUT2D eigenvalue weighted by Gasteiger charge is -2.37. The molecule has 1 atom stereocenters. The fraction of sp³-hybridized carbons (Fsp3) is 1.00. The highest BCUT2D eigenvalue weighted by Gasteiger charge is 2.51. The van der Waals surface area contributed by atoms with Crippen LogP contribution in [0.25, 0.3) is 0 Å². The minimum Gasteiger partial charge on any atom is -0.391 e. The Morgan fingerprint density at radius 1 is 1.33 bits per heavy atom. The van der Waals surface area contributed by atoms with Crippen molar-refractivity contribution in [3.05, 3.63) is 0 Å². The van der Waals surface area contributed by atoms with E-state index in [0.717, 1.165) is 6.42 Å². The van der Waals surface area contributed by atoms with Gasteiger partial charge in [-0.15, -0.1) is 0 Å². The first kappa shape index (κ1) is 9.96. The number of rotatable bonds is 1. The van der Waals surface area contributed by atoms with Crippen LogP contribution < -0.4 is 0 Å². The number of nitrogens with zero attached hydrogens (tertiary/aromatic N) is 1. The summed E-state index contributed by atoms with van der Waals surface area (Å²) in [4.78, 5) is 5.29. The minimum atomic E-state index is -0.313. The molecule has 1 saturated heterocycles. The largest absolute Gasteiger partial charge is 0.391 e. The molecule has 1 aliphatic rings. The Bertz CT molecular complexity index is 177. The van der Waals surface area contributed by atoms with Gasteiger partial charge in [0.05, 0.1) is 18.8 Å². The zero-order chi connectivity index (χ0) is 9.57. The normalized spacial score (nSPS) is 34.0. The third-order valence-electron chi connectivity index (χ3n) is 2.76. The van der Waals surface area contributed by atoms with Crippen LogP contribution in [0.15, 0.2) is 0 Å². The molecule has 0 aliphatic carbocycles. The van der Waals surface area contributed by atoms with E-state index in [0.29, 0.717) is 0 Å². The van der Waals surface area contributed by atoms with Crippen molar-refractivity contribution in [1.29, 1.82) is 0 Å². The molecule has 0 bridgehead atoms. The Morgan fingerprint density at radius 3 is 2.00 bits per heavy atom. The SMILES string of the molecule is CON1C(C)(C)CC(O)C1(C)C. The Labute approximate surface area is 74.3 Å². The molecule has 1 N–H and O–H groups in total. The maximum atomic E-state index is 9.77. The molecule has 1 heterocycles. The Morgan fingerprint density at radius 2 is 1.83 bits per heavy atom. The summed E-state index contributed by atoms with van der Waals surface area (Å²) in [5.41, 5.74) is -0.351.